The Kier molecular flexibility index (Phi) is 6.06. The molecule has 1 aliphatic heterocycles. The third kappa shape index (κ3) is 3.58. The van der Waals surface area contributed by atoms with Crippen molar-refractivity contribution in [3.63, 3.8) is 0 Å². The van der Waals surface area contributed by atoms with E-state index in [-0.39, 0.29) is 10.5 Å². The van der Waals surface area contributed by atoms with Gasteiger partial charge in [0.05, 0.1) is 12.8 Å². The number of rotatable bonds is 6. The maximum Gasteiger partial charge on any atom is 0.352 e. The molecule has 0 aromatic carbocycles. The van der Waals surface area contributed by atoms with Crippen LogP contribution < -0.4 is 17.2 Å². The Morgan fingerprint density at radius 1 is 1.46 bits per heavy atom. The molecule has 7 N–H and O–H groups in total. The van der Waals surface area contributed by atoms with Crippen molar-refractivity contribution >= 4 is 11.8 Å². The second kappa shape index (κ2) is 7.67. The molecule has 0 bridgehead atoms. The minimum atomic E-state index is -3.24. The van der Waals surface area contributed by atoms with Crippen LogP contribution in [0.5, 0.6) is 0 Å². The number of nitrogens with zero attached hydrogens (tertiary/aromatic N) is 2. The van der Waals surface area contributed by atoms with Gasteiger partial charge in [-0.05, 0) is 5.92 Å². The highest BCUT2D eigenvalue weighted by Crippen LogP contribution is 2.42. The number of halogens is 2. The summed E-state index contributed by atoms with van der Waals surface area (Å²) >= 11 is 0. The minimum absolute atomic E-state index is 0.260. The van der Waals surface area contributed by atoms with E-state index in [1.54, 1.807) is 13.8 Å². The second-order valence-electron chi connectivity index (χ2n) is 6.79. The summed E-state index contributed by atoms with van der Waals surface area (Å²) in [6.07, 6.45) is -4.21. The molecule has 11 nitrogen and oxygen atoms in total. The molecule has 1 aromatic rings. The largest absolute Gasteiger partial charge is 0.458 e. The van der Waals surface area contributed by atoms with Gasteiger partial charge in [-0.3, -0.25) is 9.36 Å². The maximum atomic E-state index is 15.1. The number of carbonyl (C=O) groups is 1. The fourth-order valence-corrected chi connectivity index (χ4v) is 2.66. The molecule has 1 saturated heterocycles. The highest BCUT2D eigenvalue weighted by Gasteiger charge is 2.65. The van der Waals surface area contributed by atoms with Crippen molar-refractivity contribution in [3.05, 3.63) is 22.5 Å². The molecule has 158 valence electrons. The molecule has 0 radical (unpaired) electrons. The number of esters is 1. The van der Waals surface area contributed by atoms with E-state index < -0.39 is 66.3 Å². The molecule has 0 amide bonds. The van der Waals surface area contributed by atoms with E-state index in [1.165, 1.54) is 0 Å². The van der Waals surface area contributed by atoms with E-state index in [1.807, 2.05) is 0 Å². The first-order valence-corrected chi connectivity index (χ1v) is 8.23. The van der Waals surface area contributed by atoms with E-state index in [2.05, 4.69) is 4.98 Å². The molecule has 13 heteroatoms. The highest BCUT2D eigenvalue weighted by atomic mass is 19.2. The van der Waals surface area contributed by atoms with Gasteiger partial charge in [0.1, 0.15) is 18.2 Å². The number of nitrogens with two attached hydrogens (primary N) is 2. The summed E-state index contributed by atoms with van der Waals surface area (Å²) in [6.45, 7) is 0.758. The quantitative estimate of drug-likeness (QED) is 0.317. The summed E-state index contributed by atoms with van der Waals surface area (Å²) in [4.78, 5) is 27.0. The number of nitrogen functional groups attached to an aromatic ring is 1. The van der Waals surface area contributed by atoms with Crippen molar-refractivity contribution < 1.29 is 38.4 Å². The number of aliphatic hydroxyl groups is 3. The zero-order valence-corrected chi connectivity index (χ0v) is 15.1. The van der Waals surface area contributed by atoms with Crippen LogP contribution in [-0.4, -0.2) is 68.2 Å². The van der Waals surface area contributed by atoms with E-state index >= 15 is 4.39 Å². The summed E-state index contributed by atoms with van der Waals surface area (Å²) < 4.78 is 38.8. The number of hydrogen-bond acceptors (Lipinski definition) is 10. The third-order valence-electron chi connectivity index (χ3n) is 4.49. The van der Waals surface area contributed by atoms with Crippen LogP contribution >= 0.6 is 0 Å². The fraction of sp³-hybridized carbons (Fsp3) is 0.667. The molecule has 2 rings (SSSR count). The smallest absolute Gasteiger partial charge is 0.352 e. The van der Waals surface area contributed by atoms with Gasteiger partial charge in [-0.25, -0.2) is 13.6 Å². The molecule has 28 heavy (non-hydrogen) atoms. The van der Waals surface area contributed by atoms with Crippen molar-refractivity contribution in [2.24, 2.45) is 11.7 Å². The zero-order chi connectivity index (χ0) is 21.4. The lowest BCUT2D eigenvalue weighted by molar-refractivity contribution is -0.259. The third-order valence-corrected chi connectivity index (χ3v) is 4.49. The molecule has 1 aromatic heterocycles. The highest BCUT2D eigenvalue weighted by molar-refractivity contribution is 5.75. The van der Waals surface area contributed by atoms with Gasteiger partial charge in [-0.1, -0.05) is 13.8 Å². The fourth-order valence-electron chi connectivity index (χ4n) is 2.66. The van der Waals surface area contributed by atoms with E-state index in [9.17, 15) is 29.3 Å². The first-order chi connectivity index (χ1) is 12.9. The molecule has 5 atom stereocenters. The topological polar surface area (TPSA) is 183 Å². The Bertz CT molecular complexity index is 807. The molecule has 2 heterocycles. The molecular formula is C15H22F2N4O7. The minimum Gasteiger partial charge on any atom is -0.458 e. The Morgan fingerprint density at radius 3 is 2.61 bits per heavy atom. The molecule has 1 aliphatic rings. The molecule has 1 fully saturated rings. The van der Waals surface area contributed by atoms with Crippen molar-refractivity contribution in [3.8, 4) is 0 Å². The van der Waals surface area contributed by atoms with Gasteiger partial charge in [-0.15, -0.1) is 0 Å². The summed E-state index contributed by atoms with van der Waals surface area (Å²) in [5.41, 5.74) is 6.79. The summed E-state index contributed by atoms with van der Waals surface area (Å²) in [7, 11) is 0. The van der Waals surface area contributed by atoms with Gasteiger partial charge < -0.3 is 36.3 Å². The number of carbonyl (C=O) groups excluding carboxylic acids is 1. The van der Waals surface area contributed by atoms with Crippen LogP contribution in [0.25, 0.3) is 0 Å². The standard InChI is InChI=1S/C15H22F2N4O7/c1-6(2)8(18)12(25)27-5-14(17)9(23)10(24)15(4-22,28-14)21-3-7(16)11(19)20-13(21)26/h3,6,8-10,22-24H,4-5,18H2,1-2H3,(H2,19,20,26)/t8-,9-,10+,14+,15+/m0/s1. The van der Waals surface area contributed by atoms with E-state index in [0.717, 1.165) is 0 Å². The maximum absolute atomic E-state index is 15.1. The van der Waals surface area contributed by atoms with Gasteiger partial charge in [-0.2, -0.15) is 4.98 Å². The number of ether oxygens (including phenoxy) is 2. The van der Waals surface area contributed by atoms with Crippen molar-refractivity contribution in [2.75, 3.05) is 18.9 Å². The Labute approximate surface area is 157 Å². The van der Waals surface area contributed by atoms with Crippen LogP contribution in [0.15, 0.2) is 11.0 Å². The summed E-state index contributed by atoms with van der Waals surface area (Å²) in [5.74, 6) is -6.57. The number of aliphatic hydroxyl groups excluding tert-OH is 3. The number of aromatic nitrogens is 2. The summed E-state index contributed by atoms with van der Waals surface area (Å²) in [6, 6.07) is -1.09. The molecule has 0 saturated carbocycles. The Morgan fingerprint density at radius 2 is 2.07 bits per heavy atom. The van der Waals surface area contributed by atoms with Crippen LogP contribution in [0.4, 0.5) is 14.6 Å². The first kappa shape index (κ1) is 22.1. The predicted octanol–water partition coefficient (Wildman–Crippen LogP) is -2.45. The van der Waals surface area contributed by atoms with Crippen LogP contribution in [0.3, 0.4) is 0 Å². The van der Waals surface area contributed by atoms with Crippen molar-refractivity contribution in [1.82, 2.24) is 9.55 Å². The van der Waals surface area contributed by atoms with Gasteiger partial charge in [0, 0.05) is 0 Å². The van der Waals surface area contributed by atoms with Crippen LogP contribution in [0.2, 0.25) is 0 Å². The van der Waals surface area contributed by atoms with Crippen LogP contribution in [0, 0.1) is 11.7 Å². The lowest BCUT2D eigenvalue weighted by Gasteiger charge is -2.32. The average molecular weight is 408 g/mol. The van der Waals surface area contributed by atoms with Gasteiger partial charge >= 0.3 is 11.7 Å². The van der Waals surface area contributed by atoms with Crippen molar-refractivity contribution in [1.29, 1.82) is 0 Å². The normalized spacial score (nSPS) is 31.2. The monoisotopic (exact) mass is 408 g/mol. The summed E-state index contributed by atoms with van der Waals surface area (Å²) in [5, 5.41) is 30.0. The van der Waals surface area contributed by atoms with E-state index in [4.69, 9.17) is 20.9 Å². The van der Waals surface area contributed by atoms with Gasteiger partial charge in [0.2, 0.25) is 5.72 Å². The Balaban J connectivity index is 2.36. The first-order valence-electron chi connectivity index (χ1n) is 8.23. The predicted molar refractivity (Wildman–Crippen MR) is 88.6 cm³/mol. The number of alkyl halides is 1. The van der Waals surface area contributed by atoms with Crippen LogP contribution in [0.1, 0.15) is 13.8 Å². The Hall–Kier alpha value is -2.19. The molecule has 0 aliphatic carbocycles. The second-order valence-corrected chi connectivity index (χ2v) is 6.79. The van der Waals surface area contributed by atoms with Crippen molar-refractivity contribution in [2.45, 2.75) is 43.7 Å². The van der Waals surface area contributed by atoms with Gasteiger partial charge in [0.15, 0.2) is 18.2 Å². The molecular weight excluding hydrogens is 386 g/mol. The number of hydrogen-bond donors (Lipinski definition) is 5. The SMILES string of the molecule is CC(C)[C@H](N)C(=O)OC[C@@]1(F)O[C@@](CO)(n2cc(F)c(N)nc2=O)[C@H](O)[C@@H]1O. The van der Waals surface area contributed by atoms with E-state index in [0.29, 0.717) is 6.20 Å². The lowest BCUT2D eigenvalue weighted by atomic mass is 10.0. The van der Waals surface area contributed by atoms with Gasteiger partial charge in [0.25, 0.3) is 5.85 Å². The molecule has 0 spiro atoms. The number of anilines is 1. The van der Waals surface area contributed by atoms with Crippen LogP contribution in [-0.2, 0) is 20.0 Å². The lowest BCUT2D eigenvalue weighted by Crippen LogP contribution is -2.53. The average Bonchev–Trinajstić information content (AvgIpc) is 2.84. The molecule has 0 unspecified atom stereocenters. The zero-order valence-electron chi connectivity index (χ0n) is 15.1.